The Hall–Kier alpha value is -2.31. The molecule has 0 saturated carbocycles. The minimum absolute atomic E-state index is 0.190. The number of rotatable bonds is 4. The molecule has 0 aromatic heterocycles. The van der Waals surface area contributed by atoms with Gasteiger partial charge in [-0.1, -0.05) is 41.9 Å². The molecule has 1 amide bonds. The Morgan fingerprint density at radius 3 is 2.57 bits per heavy atom. The van der Waals surface area contributed by atoms with Crippen LogP contribution < -0.4 is 4.90 Å². The van der Waals surface area contributed by atoms with Gasteiger partial charge in [0.15, 0.2) is 0 Å². The van der Waals surface area contributed by atoms with E-state index in [1.54, 1.807) is 11.0 Å². The lowest BCUT2D eigenvalue weighted by atomic mass is 10.1. The molecular formula is C17H15ClN2O. The Balaban J connectivity index is 2.39. The van der Waals surface area contributed by atoms with E-state index in [0.29, 0.717) is 17.1 Å². The molecular weight excluding hydrogens is 284 g/mol. The number of aryl methyl sites for hydroxylation is 1. The van der Waals surface area contributed by atoms with Crippen LogP contribution in [0.15, 0.2) is 48.5 Å². The zero-order valence-corrected chi connectivity index (χ0v) is 12.5. The van der Waals surface area contributed by atoms with E-state index in [1.807, 2.05) is 49.4 Å². The van der Waals surface area contributed by atoms with Crippen LogP contribution in [0.5, 0.6) is 0 Å². The zero-order valence-electron chi connectivity index (χ0n) is 11.7. The molecule has 0 fully saturated rings. The molecule has 0 unspecified atom stereocenters. The third-order valence-corrected chi connectivity index (χ3v) is 3.68. The summed E-state index contributed by atoms with van der Waals surface area (Å²) in [4.78, 5) is 14.3. The van der Waals surface area contributed by atoms with Crippen LogP contribution >= 0.6 is 11.6 Å². The number of benzene rings is 2. The highest BCUT2D eigenvalue weighted by Gasteiger charge is 2.20. The number of anilines is 1. The summed E-state index contributed by atoms with van der Waals surface area (Å²) in [7, 11) is 0. The highest BCUT2D eigenvalue weighted by Crippen LogP contribution is 2.24. The Morgan fingerprint density at radius 2 is 1.90 bits per heavy atom. The highest BCUT2D eigenvalue weighted by atomic mass is 35.5. The summed E-state index contributed by atoms with van der Waals surface area (Å²) < 4.78 is 0. The van der Waals surface area contributed by atoms with Crippen LogP contribution in [-0.4, -0.2) is 12.5 Å². The number of nitriles is 1. The Morgan fingerprint density at radius 1 is 1.19 bits per heavy atom. The van der Waals surface area contributed by atoms with Gasteiger partial charge in [-0.3, -0.25) is 4.79 Å². The molecule has 0 radical (unpaired) electrons. The number of halogens is 1. The van der Waals surface area contributed by atoms with E-state index in [2.05, 4.69) is 6.07 Å². The maximum absolute atomic E-state index is 12.8. The third-order valence-electron chi connectivity index (χ3n) is 3.18. The molecule has 0 aliphatic rings. The summed E-state index contributed by atoms with van der Waals surface area (Å²) in [5.41, 5.74) is 2.07. The van der Waals surface area contributed by atoms with Crippen molar-refractivity contribution in [2.24, 2.45) is 0 Å². The molecule has 0 saturated heterocycles. The molecule has 21 heavy (non-hydrogen) atoms. The standard InChI is InChI=1S/C17H15ClN2O/c1-13-7-5-10-15(16(13)18)17(21)20(12-6-11-19)14-8-3-2-4-9-14/h2-5,7-10H,6,12H2,1H3. The SMILES string of the molecule is Cc1cccc(C(=O)N(CCC#N)c2ccccc2)c1Cl. The number of carbonyl (C=O) groups is 1. The summed E-state index contributed by atoms with van der Waals surface area (Å²) in [5, 5.41) is 9.26. The Bertz CT molecular complexity index is 677. The molecule has 2 rings (SSSR count). The minimum Gasteiger partial charge on any atom is -0.307 e. The van der Waals surface area contributed by atoms with Gasteiger partial charge in [0.05, 0.1) is 23.1 Å². The van der Waals surface area contributed by atoms with E-state index < -0.39 is 0 Å². The summed E-state index contributed by atoms with van der Waals surface area (Å²) in [5.74, 6) is -0.190. The molecule has 0 heterocycles. The van der Waals surface area contributed by atoms with Crippen molar-refractivity contribution in [3.05, 3.63) is 64.7 Å². The predicted octanol–water partition coefficient (Wildman–Crippen LogP) is 4.21. The number of hydrogen-bond acceptors (Lipinski definition) is 2. The number of hydrogen-bond donors (Lipinski definition) is 0. The molecule has 0 aliphatic heterocycles. The fourth-order valence-electron chi connectivity index (χ4n) is 2.08. The fourth-order valence-corrected chi connectivity index (χ4v) is 2.28. The first-order valence-electron chi connectivity index (χ1n) is 6.64. The monoisotopic (exact) mass is 298 g/mol. The average Bonchev–Trinajstić information content (AvgIpc) is 2.51. The minimum atomic E-state index is -0.190. The van der Waals surface area contributed by atoms with E-state index in [1.165, 1.54) is 0 Å². The molecule has 0 spiro atoms. The van der Waals surface area contributed by atoms with Crippen LogP contribution in [0.1, 0.15) is 22.3 Å². The van der Waals surface area contributed by atoms with Gasteiger partial charge in [-0.2, -0.15) is 5.26 Å². The molecule has 3 nitrogen and oxygen atoms in total. The summed E-state index contributed by atoms with van der Waals surface area (Å²) >= 11 is 6.24. The molecule has 0 N–H and O–H groups in total. The van der Waals surface area contributed by atoms with Gasteiger partial charge >= 0.3 is 0 Å². The predicted molar refractivity (Wildman–Crippen MR) is 84.5 cm³/mol. The Kier molecular flexibility index (Phi) is 4.97. The smallest absolute Gasteiger partial charge is 0.259 e. The van der Waals surface area contributed by atoms with Crippen molar-refractivity contribution in [1.29, 1.82) is 5.26 Å². The van der Waals surface area contributed by atoms with Crippen molar-refractivity contribution in [3.63, 3.8) is 0 Å². The maximum atomic E-state index is 12.8. The molecule has 2 aromatic carbocycles. The van der Waals surface area contributed by atoms with Crippen LogP contribution in [0.25, 0.3) is 0 Å². The number of nitrogens with zero attached hydrogens (tertiary/aromatic N) is 2. The van der Waals surface area contributed by atoms with Crippen molar-refractivity contribution < 1.29 is 4.79 Å². The second kappa shape index (κ2) is 6.92. The topological polar surface area (TPSA) is 44.1 Å². The van der Waals surface area contributed by atoms with E-state index in [4.69, 9.17) is 16.9 Å². The van der Waals surface area contributed by atoms with E-state index >= 15 is 0 Å². The first-order chi connectivity index (χ1) is 10.1. The molecule has 106 valence electrons. The lowest BCUT2D eigenvalue weighted by Gasteiger charge is -2.22. The largest absolute Gasteiger partial charge is 0.307 e. The van der Waals surface area contributed by atoms with Crippen LogP contribution in [0, 0.1) is 18.3 Å². The third kappa shape index (κ3) is 3.42. The first kappa shape index (κ1) is 15.1. The van der Waals surface area contributed by atoms with Crippen molar-refractivity contribution in [2.75, 3.05) is 11.4 Å². The van der Waals surface area contributed by atoms with Gasteiger partial charge in [0.2, 0.25) is 0 Å². The number of para-hydroxylation sites is 1. The summed E-state index contributed by atoms with van der Waals surface area (Å²) in [6, 6.07) is 16.8. The zero-order chi connectivity index (χ0) is 15.2. The van der Waals surface area contributed by atoms with Gasteiger partial charge in [0, 0.05) is 12.2 Å². The van der Waals surface area contributed by atoms with Crippen LogP contribution in [0.2, 0.25) is 5.02 Å². The van der Waals surface area contributed by atoms with Gasteiger partial charge in [-0.05, 0) is 30.7 Å². The van der Waals surface area contributed by atoms with Gasteiger partial charge in [0.1, 0.15) is 0 Å². The van der Waals surface area contributed by atoms with Crippen molar-refractivity contribution >= 4 is 23.2 Å². The quantitative estimate of drug-likeness (QED) is 0.848. The van der Waals surface area contributed by atoms with Gasteiger partial charge in [-0.25, -0.2) is 0 Å². The van der Waals surface area contributed by atoms with E-state index in [0.717, 1.165) is 11.3 Å². The Labute approximate surface area is 129 Å². The molecule has 0 bridgehead atoms. The number of carbonyl (C=O) groups excluding carboxylic acids is 1. The molecule has 0 aliphatic carbocycles. The van der Waals surface area contributed by atoms with E-state index in [-0.39, 0.29) is 12.3 Å². The molecule has 2 aromatic rings. The van der Waals surface area contributed by atoms with Crippen molar-refractivity contribution in [3.8, 4) is 6.07 Å². The van der Waals surface area contributed by atoms with Crippen LogP contribution in [0.4, 0.5) is 5.69 Å². The van der Waals surface area contributed by atoms with Crippen LogP contribution in [-0.2, 0) is 0 Å². The van der Waals surface area contributed by atoms with Crippen molar-refractivity contribution in [2.45, 2.75) is 13.3 Å². The van der Waals surface area contributed by atoms with Crippen LogP contribution in [0.3, 0.4) is 0 Å². The normalized spacial score (nSPS) is 9.95. The van der Waals surface area contributed by atoms with Gasteiger partial charge in [-0.15, -0.1) is 0 Å². The lowest BCUT2D eigenvalue weighted by Crippen LogP contribution is -2.32. The van der Waals surface area contributed by atoms with E-state index in [9.17, 15) is 4.79 Å². The lowest BCUT2D eigenvalue weighted by molar-refractivity contribution is 0.0987. The van der Waals surface area contributed by atoms with Gasteiger partial charge < -0.3 is 4.90 Å². The summed E-state index contributed by atoms with van der Waals surface area (Å²) in [6.45, 7) is 2.20. The van der Waals surface area contributed by atoms with Gasteiger partial charge in [0.25, 0.3) is 5.91 Å². The second-order valence-corrected chi connectivity index (χ2v) is 5.01. The summed E-state index contributed by atoms with van der Waals surface area (Å²) in [6.07, 6.45) is 0.268. The second-order valence-electron chi connectivity index (χ2n) is 4.64. The van der Waals surface area contributed by atoms with Crippen molar-refractivity contribution in [1.82, 2.24) is 0 Å². The molecule has 4 heteroatoms. The fraction of sp³-hybridized carbons (Fsp3) is 0.176. The molecule has 0 atom stereocenters. The maximum Gasteiger partial charge on any atom is 0.259 e. The number of amides is 1. The average molecular weight is 299 g/mol. The first-order valence-corrected chi connectivity index (χ1v) is 7.02. The highest BCUT2D eigenvalue weighted by molar-refractivity contribution is 6.35.